The normalized spacial score (nSPS) is 14.4. The van der Waals surface area contributed by atoms with Crippen LogP contribution in [0.4, 0.5) is 5.69 Å². The molecule has 2 aromatic carbocycles. The molecular weight excluding hydrogens is 458 g/mol. The average molecular weight is 482 g/mol. The number of para-hydroxylation sites is 1. The third kappa shape index (κ3) is 4.58. The van der Waals surface area contributed by atoms with E-state index in [1.165, 1.54) is 19.2 Å². The number of methoxy groups -OCH3 is 1. The Hall–Kier alpha value is -3.92. The second-order valence-corrected chi connectivity index (χ2v) is 9.33. The van der Waals surface area contributed by atoms with Gasteiger partial charge in [-0.3, -0.25) is 4.79 Å². The number of carbonyl (C=O) groups is 2. The monoisotopic (exact) mass is 481 g/mol. The average Bonchev–Trinajstić information content (AvgIpc) is 3.20. The number of hydrazone groups is 1. The van der Waals surface area contributed by atoms with E-state index in [0.29, 0.717) is 41.9 Å². The fourth-order valence-corrected chi connectivity index (χ4v) is 4.67. The van der Waals surface area contributed by atoms with Crippen molar-refractivity contribution in [1.82, 2.24) is 4.83 Å². The van der Waals surface area contributed by atoms with Gasteiger partial charge >= 0.3 is 5.97 Å². The van der Waals surface area contributed by atoms with Crippen LogP contribution in [-0.4, -0.2) is 33.1 Å². The van der Waals surface area contributed by atoms with Crippen molar-refractivity contribution in [2.45, 2.75) is 31.1 Å². The van der Waals surface area contributed by atoms with E-state index in [2.05, 4.69) is 15.2 Å². The van der Waals surface area contributed by atoms with Crippen molar-refractivity contribution in [3.05, 3.63) is 82.8 Å². The molecule has 4 rings (SSSR count). The van der Waals surface area contributed by atoms with E-state index in [0.717, 1.165) is 0 Å². The van der Waals surface area contributed by atoms with Gasteiger partial charge in [0.25, 0.3) is 15.9 Å². The summed E-state index contributed by atoms with van der Waals surface area (Å²) in [4.78, 5) is 27.4. The Bertz CT molecular complexity index is 1380. The Morgan fingerprint density at radius 3 is 2.47 bits per heavy atom. The lowest BCUT2D eigenvalue weighted by atomic mass is 9.93. The number of fused-ring (bicyclic) bond motifs is 1. The molecule has 0 fully saturated rings. The highest BCUT2D eigenvalue weighted by molar-refractivity contribution is 7.89. The molecule has 34 heavy (non-hydrogen) atoms. The van der Waals surface area contributed by atoms with E-state index in [1.807, 2.05) is 0 Å². The molecule has 9 nitrogen and oxygen atoms in total. The van der Waals surface area contributed by atoms with E-state index in [1.54, 1.807) is 49.4 Å². The number of rotatable bonds is 6. The first-order valence-corrected chi connectivity index (χ1v) is 12.0. The molecule has 0 spiro atoms. The number of anilines is 1. The van der Waals surface area contributed by atoms with Crippen molar-refractivity contribution in [2.24, 2.45) is 5.10 Å². The SMILES string of the molecule is COC(=O)c1ccccc1NC(=O)c1oc2c(c1C)/C(=N/NS(=O)(=O)c1ccccc1)CCC2. The van der Waals surface area contributed by atoms with Crippen LogP contribution in [0.3, 0.4) is 0 Å². The molecule has 1 aliphatic carbocycles. The molecule has 0 bridgehead atoms. The maximum atomic E-state index is 13.0. The maximum absolute atomic E-state index is 13.0. The highest BCUT2D eigenvalue weighted by Crippen LogP contribution is 2.31. The predicted octanol–water partition coefficient (Wildman–Crippen LogP) is 3.65. The van der Waals surface area contributed by atoms with Crippen LogP contribution in [0.1, 0.15) is 50.6 Å². The number of esters is 1. The largest absolute Gasteiger partial charge is 0.465 e. The molecule has 1 aliphatic rings. The van der Waals surface area contributed by atoms with Gasteiger partial charge in [0.05, 0.1) is 29.0 Å². The topological polar surface area (TPSA) is 127 Å². The number of ether oxygens (including phenoxy) is 1. The summed E-state index contributed by atoms with van der Waals surface area (Å²) in [5.74, 6) is -0.475. The number of aryl methyl sites for hydroxylation is 1. The molecular formula is C24H23N3O6S. The number of hydrogen-bond donors (Lipinski definition) is 2. The van der Waals surface area contributed by atoms with Crippen molar-refractivity contribution in [1.29, 1.82) is 0 Å². The summed E-state index contributed by atoms with van der Waals surface area (Å²) in [6.45, 7) is 1.72. The second-order valence-electron chi connectivity index (χ2n) is 7.67. The first-order chi connectivity index (χ1) is 16.3. The number of amides is 1. The van der Waals surface area contributed by atoms with Gasteiger partial charge < -0.3 is 14.5 Å². The summed E-state index contributed by atoms with van der Waals surface area (Å²) in [5, 5.41) is 6.86. The van der Waals surface area contributed by atoms with E-state index in [4.69, 9.17) is 9.15 Å². The molecule has 0 atom stereocenters. The minimum absolute atomic E-state index is 0.0742. The number of nitrogens with one attached hydrogen (secondary N) is 2. The number of sulfonamides is 1. The zero-order valence-electron chi connectivity index (χ0n) is 18.6. The first kappa shape index (κ1) is 23.2. The Morgan fingerprint density at radius 2 is 1.74 bits per heavy atom. The minimum atomic E-state index is -3.83. The lowest BCUT2D eigenvalue weighted by molar-refractivity contribution is 0.0602. The molecule has 1 amide bonds. The summed E-state index contributed by atoms with van der Waals surface area (Å²) in [7, 11) is -2.57. The van der Waals surface area contributed by atoms with Crippen molar-refractivity contribution in [3.63, 3.8) is 0 Å². The third-order valence-electron chi connectivity index (χ3n) is 5.47. The maximum Gasteiger partial charge on any atom is 0.339 e. The van der Waals surface area contributed by atoms with Gasteiger partial charge in [-0.05, 0) is 44.0 Å². The molecule has 10 heteroatoms. The zero-order valence-corrected chi connectivity index (χ0v) is 19.4. The molecule has 2 N–H and O–H groups in total. The van der Waals surface area contributed by atoms with Crippen LogP contribution in [-0.2, 0) is 21.2 Å². The quantitative estimate of drug-likeness (QED) is 0.409. The number of nitrogens with zero attached hydrogens (tertiary/aromatic N) is 1. The highest BCUT2D eigenvalue weighted by atomic mass is 32.2. The standard InChI is InChI=1S/C24H23N3O6S/c1-15-21-19(26-27-34(30,31)16-9-4-3-5-10-16)13-8-14-20(21)33-22(15)23(28)25-18-12-7-6-11-17(18)24(29)32-2/h3-7,9-12,27H,8,13-14H2,1-2H3,(H,25,28)/b26-19+. The van der Waals surface area contributed by atoms with Gasteiger partial charge in [-0.1, -0.05) is 30.3 Å². The third-order valence-corrected chi connectivity index (χ3v) is 6.69. The molecule has 1 heterocycles. The van der Waals surface area contributed by atoms with Crippen LogP contribution >= 0.6 is 0 Å². The van der Waals surface area contributed by atoms with Crippen LogP contribution in [0.5, 0.6) is 0 Å². The molecule has 0 unspecified atom stereocenters. The molecule has 0 saturated heterocycles. The Labute approximate surface area is 196 Å². The van der Waals surface area contributed by atoms with Gasteiger partial charge in [0.1, 0.15) is 5.76 Å². The smallest absolute Gasteiger partial charge is 0.339 e. The molecule has 0 aliphatic heterocycles. The van der Waals surface area contributed by atoms with Gasteiger partial charge in [-0.25, -0.2) is 4.79 Å². The van der Waals surface area contributed by atoms with Crippen molar-refractivity contribution >= 4 is 33.3 Å². The molecule has 176 valence electrons. The fraction of sp³-hybridized carbons (Fsp3) is 0.208. The predicted molar refractivity (Wildman–Crippen MR) is 125 cm³/mol. The van der Waals surface area contributed by atoms with Crippen LogP contribution in [0.25, 0.3) is 0 Å². The number of carbonyl (C=O) groups excluding carboxylic acids is 2. The summed E-state index contributed by atoms with van der Waals surface area (Å²) >= 11 is 0. The van der Waals surface area contributed by atoms with Gasteiger partial charge in [-0.15, -0.1) is 0 Å². The number of hydrogen-bond acceptors (Lipinski definition) is 7. The highest BCUT2D eigenvalue weighted by Gasteiger charge is 2.29. The van der Waals surface area contributed by atoms with E-state index in [9.17, 15) is 18.0 Å². The van der Waals surface area contributed by atoms with E-state index < -0.39 is 21.9 Å². The van der Waals surface area contributed by atoms with Crippen LogP contribution in [0.2, 0.25) is 0 Å². The van der Waals surface area contributed by atoms with Crippen LogP contribution in [0, 0.1) is 6.92 Å². The lowest BCUT2D eigenvalue weighted by Gasteiger charge is -2.14. The van der Waals surface area contributed by atoms with Gasteiger partial charge in [-0.2, -0.15) is 18.4 Å². The summed E-state index contributed by atoms with van der Waals surface area (Å²) in [5.41, 5.74) is 2.16. The van der Waals surface area contributed by atoms with Gasteiger partial charge in [0, 0.05) is 17.5 Å². The second kappa shape index (κ2) is 9.52. The number of furan rings is 1. The fourth-order valence-electron chi connectivity index (χ4n) is 3.82. The summed E-state index contributed by atoms with van der Waals surface area (Å²) in [6, 6.07) is 14.4. The van der Waals surface area contributed by atoms with Gasteiger partial charge in [0.2, 0.25) is 0 Å². The Balaban J connectivity index is 1.62. The molecule has 3 aromatic rings. The molecule has 0 radical (unpaired) electrons. The lowest BCUT2D eigenvalue weighted by Crippen LogP contribution is -2.22. The minimum Gasteiger partial charge on any atom is -0.465 e. The molecule has 1 aromatic heterocycles. The van der Waals surface area contributed by atoms with Crippen molar-refractivity contribution < 1.29 is 27.2 Å². The van der Waals surface area contributed by atoms with E-state index >= 15 is 0 Å². The van der Waals surface area contributed by atoms with Crippen molar-refractivity contribution in [2.75, 3.05) is 12.4 Å². The summed E-state index contributed by atoms with van der Waals surface area (Å²) in [6.07, 6.45) is 1.81. The summed E-state index contributed by atoms with van der Waals surface area (Å²) < 4.78 is 35.7. The zero-order chi connectivity index (χ0) is 24.3. The number of benzene rings is 2. The van der Waals surface area contributed by atoms with Crippen molar-refractivity contribution in [3.8, 4) is 0 Å². The Kier molecular flexibility index (Phi) is 6.51. The molecule has 0 saturated carbocycles. The Morgan fingerprint density at radius 1 is 1.03 bits per heavy atom. The van der Waals surface area contributed by atoms with Crippen LogP contribution < -0.4 is 10.1 Å². The first-order valence-electron chi connectivity index (χ1n) is 10.6. The van der Waals surface area contributed by atoms with Gasteiger partial charge in [0.15, 0.2) is 5.76 Å². The van der Waals surface area contributed by atoms with E-state index in [-0.39, 0.29) is 21.9 Å². The van der Waals surface area contributed by atoms with Crippen LogP contribution in [0.15, 0.2) is 69.0 Å².